The fraction of sp³-hybridized carbons (Fsp3) is 0.194. The van der Waals surface area contributed by atoms with Crippen molar-refractivity contribution in [1.82, 2.24) is 5.01 Å². The van der Waals surface area contributed by atoms with Crippen molar-refractivity contribution in [2.45, 2.75) is 25.3 Å². The van der Waals surface area contributed by atoms with Crippen molar-refractivity contribution in [1.29, 1.82) is 5.26 Å². The van der Waals surface area contributed by atoms with E-state index in [0.717, 1.165) is 47.2 Å². The first kappa shape index (κ1) is 23.3. The number of nitrogens with zero attached hydrogens (tertiary/aromatic N) is 3. The van der Waals surface area contributed by atoms with Crippen molar-refractivity contribution in [2.75, 3.05) is 7.11 Å². The lowest BCUT2D eigenvalue weighted by Gasteiger charge is -2.29. The van der Waals surface area contributed by atoms with Gasteiger partial charge in [0.05, 0.1) is 18.9 Å². The summed E-state index contributed by atoms with van der Waals surface area (Å²) in [5.41, 5.74) is 5.07. The van der Waals surface area contributed by atoms with E-state index >= 15 is 0 Å². The molecule has 0 aromatic heterocycles. The number of rotatable bonds is 5. The third kappa shape index (κ3) is 4.71. The molecular formula is C31H27N3O2. The fourth-order valence-corrected chi connectivity index (χ4v) is 5.03. The van der Waals surface area contributed by atoms with Crippen LogP contribution < -0.4 is 4.74 Å². The van der Waals surface area contributed by atoms with Crippen molar-refractivity contribution in [2.24, 2.45) is 11.0 Å². The Morgan fingerprint density at radius 3 is 2.36 bits per heavy atom. The number of methoxy groups -OCH3 is 1. The summed E-state index contributed by atoms with van der Waals surface area (Å²) >= 11 is 0. The lowest BCUT2D eigenvalue weighted by Crippen LogP contribution is -2.32. The predicted molar refractivity (Wildman–Crippen MR) is 142 cm³/mol. The molecule has 3 aromatic carbocycles. The number of carbonyl (C=O) groups is 1. The van der Waals surface area contributed by atoms with E-state index in [-0.39, 0.29) is 23.4 Å². The van der Waals surface area contributed by atoms with Crippen LogP contribution in [0.2, 0.25) is 0 Å². The van der Waals surface area contributed by atoms with Gasteiger partial charge in [0.2, 0.25) is 0 Å². The van der Waals surface area contributed by atoms with Crippen molar-refractivity contribution in [3.63, 3.8) is 0 Å². The van der Waals surface area contributed by atoms with Gasteiger partial charge in [0.15, 0.2) is 0 Å². The molecular weight excluding hydrogens is 446 g/mol. The summed E-state index contributed by atoms with van der Waals surface area (Å²) in [6.07, 6.45) is 6.69. The van der Waals surface area contributed by atoms with Crippen LogP contribution in [0.1, 0.15) is 42.0 Å². The van der Waals surface area contributed by atoms with E-state index in [1.165, 1.54) is 5.01 Å². The molecule has 0 radical (unpaired) electrons. The van der Waals surface area contributed by atoms with Crippen LogP contribution in [0, 0.1) is 17.2 Å². The molecule has 1 amide bonds. The second-order valence-corrected chi connectivity index (χ2v) is 9.01. The van der Waals surface area contributed by atoms with Crippen LogP contribution in [0.5, 0.6) is 5.75 Å². The summed E-state index contributed by atoms with van der Waals surface area (Å²) in [6.45, 7) is 0. The van der Waals surface area contributed by atoms with Gasteiger partial charge in [-0.05, 0) is 65.8 Å². The second kappa shape index (κ2) is 10.5. The summed E-state index contributed by atoms with van der Waals surface area (Å²) in [5, 5.41) is 16.4. The quantitative estimate of drug-likeness (QED) is 0.317. The van der Waals surface area contributed by atoms with E-state index < -0.39 is 0 Å². The number of ether oxygens (including phenoxy) is 1. The van der Waals surface area contributed by atoms with Crippen molar-refractivity contribution >= 4 is 23.8 Å². The minimum Gasteiger partial charge on any atom is -0.497 e. The number of benzene rings is 3. The molecule has 5 rings (SSSR count). The molecule has 2 atom stereocenters. The first-order valence-corrected chi connectivity index (χ1v) is 12.2. The Balaban J connectivity index is 1.55. The molecule has 1 aliphatic carbocycles. The Bertz CT molecular complexity index is 1370. The zero-order chi connectivity index (χ0) is 24.9. The van der Waals surface area contributed by atoms with Gasteiger partial charge in [-0.15, -0.1) is 0 Å². The molecule has 0 N–H and O–H groups in total. The van der Waals surface area contributed by atoms with Crippen LogP contribution in [-0.4, -0.2) is 23.7 Å². The van der Waals surface area contributed by atoms with Gasteiger partial charge in [-0.1, -0.05) is 72.8 Å². The molecule has 0 bridgehead atoms. The molecule has 5 heteroatoms. The van der Waals surface area contributed by atoms with Gasteiger partial charge >= 0.3 is 0 Å². The third-order valence-corrected chi connectivity index (χ3v) is 6.77. The van der Waals surface area contributed by atoms with Crippen LogP contribution >= 0.6 is 0 Å². The van der Waals surface area contributed by atoms with Gasteiger partial charge in [-0.25, -0.2) is 5.01 Å². The molecule has 1 aliphatic heterocycles. The topological polar surface area (TPSA) is 65.7 Å². The first-order valence-electron chi connectivity index (χ1n) is 12.2. The Labute approximate surface area is 211 Å². The zero-order valence-corrected chi connectivity index (χ0v) is 20.2. The second-order valence-electron chi connectivity index (χ2n) is 9.01. The van der Waals surface area contributed by atoms with Crippen LogP contribution in [0.25, 0.3) is 12.2 Å². The first-order chi connectivity index (χ1) is 17.7. The van der Waals surface area contributed by atoms with Crippen LogP contribution in [0.15, 0.2) is 101 Å². The van der Waals surface area contributed by atoms with Gasteiger partial charge in [0, 0.05) is 5.92 Å². The lowest BCUT2D eigenvalue weighted by molar-refractivity contribution is -0.129. The zero-order valence-electron chi connectivity index (χ0n) is 20.2. The molecule has 1 saturated carbocycles. The number of amides is 1. The third-order valence-electron chi connectivity index (χ3n) is 6.77. The summed E-state index contributed by atoms with van der Waals surface area (Å²) in [7, 11) is 1.60. The summed E-state index contributed by atoms with van der Waals surface area (Å²) in [4.78, 5) is 13.8. The van der Waals surface area contributed by atoms with Gasteiger partial charge in [-0.2, -0.15) is 10.4 Å². The minimum absolute atomic E-state index is 0.0534. The number of hydrazone groups is 1. The molecule has 3 aromatic rings. The van der Waals surface area contributed by atoms with Crippen LogP contribution in [0.4, 0.5) is 0 Å². The number of allylic oxidation sites excluding steroid dienone is 1. The summed E-state index contributed by atoms with van der Waals surface area (Å²) in [5.74, 6) is 0.415. The van der Waals surface area contributed by atoms with Gasteiger partial charge < -0.3 is 4.74 Å². The number of nitriles is 1. The monoisotopic (exact) mass is 473 g/mol. The SMILES string of the molecule is COc1ccc(/C=C(\C#N)C(=O)N2N=C3/C(=C/c4ccccc4)CCC[C@@H]3[C@@H]2c2ccccc2)cc1. The highest BCUT2D eigenvalue weighted by atomic mass is 16.5. The van der Waals surface area contributed by atoms with Crippen molar-refractivity contribution < 1.29 is 9.53 Å². The van der Waals surface area contributed by atoms with E-state index in [4.69, 9.17) is 9.84 Å². The molecule has 0 unspecified atom stereocenters. The van der Waals surface area contributed by atoms with Crippen LogP contribution in [-0.2, 0) is 4.79 Å². The lowest BCUT2D eigenvalue weighted by atomic mass is 9.77. The van der Waals surface area contributed by atoms with E-state index in [2.05, 4.69) is 24.3 Å². The fourth-order valence-electron chi connectivity index (χ4n) is 5.03. The van der Waals surface area contributed by atoms with E-state index in [1.807, 2.05) is 72.8 Å². The number of hydrogen-bond acceptors (Lipinski definition) is 4. The predicted octanol–water partition coefficient (Wildman–Crippen LogP) is 6.43. The number of carbonyl (C=O) groups excluding carboxylic acids is 1. The molecule has 2 aliphatic rings. The highest BCUT2D eigenvalue weighted by molar-refractivity contribution is 6.10. The van der Waals surface area contributed by atoms with E-state index in [0.29, 0.717) is 5.75 Å². The Kier molecular flexibility index (Phi) is 6.77. The molecule has 5 nitrogen and oxygen atoms in total. The molecule has 36 heavy (non-hydrogen) atoms. The number of hydrogen-bond donors (Lipinski definition) is 0. The Morgan fingerprint density at radius 1 is 1.00 bits per heavy atom. The molecule has 0 spiro atoms. The number of fused-ring (bicyclic) bond motifs is 1. The largest absolute Gasteiger partial charge is 0.497 e. The molecule has 178 valence electrons. The minimum atomic E-state index is -0.386. The maximum Gasteiger partial charge on any atom is 0.285 e. The molecule has 0 saturated heterocycles. The molecule has 1 heterocycles. The van der Waals surface area contributed by atoms with Crippen molar-refractivity contribution in [3.05, 3.63) is 113 Å². The maximum atomic E-state index is 13.8. The highest BCUT2D eigenvalue weighted by Crippen LogP contribution is 2.44. The van der Waals surface area contributed by atoms with E-state index in [1.54, 1.807) is 13.2 Å². The standard InChI is InChI=1S/C31H27N3O2/c1-36-27-17-15-23(16-18-27)20-26(21-32)31(35)34-30(24-11-6-3-7-12-24)28-14-8-13-25(29(28)33-34)19-22-9-4-2-5-10-22/h2-7,9-12,15-20,28,30H,8,13-14H2,1H3/b25-19+,26-20+/t28-,30-/m0/s1. The average Bonchev–Trinajstić information content (AvgIpc) is 3.33. The summed E-state index contributed by atoms with van der Waals surface area (Å²) < 4.78 is 5.22. The van der Waals surface area contributed by atoms with Gasteiger partial charge in [0.1, 0.15) is 17.4 Å². The Morgan fingerprint density at radius 2 is 1.69 bits per heavy atom. The average molecular weight is 474 g/mol. The Hall–Kier alpha value is -4.43. The normalized spacial score (nSPS) is 20.4. The van der Waals surface area contributed by atoms with Crippen LogP contribution in [0.3, 0.4) is 0 Å². The van der Waals surface area contributed by atoms with Gasteiger partial charge in [0.25, 0.3) is 5.91 Å². The van der Waals surface area contributed by atoms with E-state index in [9.17, 15) is 10.1 Å². The van der Waals surface area contributed by atoms with Crippen molar-refractivity contribution in [3.8, 4) is 11.8 Å². The summed E-state index contributed by atoms with van der Waals surface area (Å²) in [6, 6.07) is 29.4. The maximum absolute atomic E-state index is 13.8. The smallest absolute Gasteiger partial charge is 0.285 e. The van der Waals surface area contributed by atoms with Gasteiger partial charge in [-0.3, -0.25) is 4.79 Å². The molecule has 1 fully saturated rings. The highest BCUT2D eigenvalue weighted by Gasteiger charge is 2.44.